The van der Waals surface area contributed by atoms with Gasteiger partial charge in [0, 0.05) is 32.1 Å². The molecular weight excluding hydrogens is 390 g/mol. The SMILES string of the molecule is CCNC(=O)CN(CC)C(=O)C1CCN(S(=O)(=O)c2ccc3c(c2)CCC3)CC1. The summed E-state index contributed by atoms with van der Waals surface area (Å²) in [4.78, 5) is 26.5. The number of carbonyl (C=O) groups is 2. The van der Waals surface area contributed by atoms with Crippen molar-refractivity contribution >= 4 is 21.8 Å². The summed E-state index contributed by atoms with van der Waals surface area (Å²) in [6, 6.07) is 5.47. The summed E-state index contributed by atoms with van der Waals surface area (Å²) in [5.74, 6) is -0.469. The van der Waals surface area contributed by atoms with Gasteiger partial charge in [-0.05, 0) is 69.2 Å². The van der Waals surface area contributed by atoms with E-state index in [0.717, 1.165) is 24.8 Å². The van der Waals surface area contributed by atoms with E-state index in [9.17, 15) is 18.0 Å². The standard InChI is InChI=1S/C21H31N3O4S/c1-3-22-20(25)15-23(4-2)21(26)17-10-12-24(13-11-17)29(27,28)19-9-8-16-6-5-7-18(16)14-19/h8-9,14,17H,3-7,10-13,15H2,1-2H3,(H,22,25). The van der Waals surface area contributed by atoms with Gasteiger partial charge in [0.05, 0.1) is 11.4 Å². The topological polar surface area (TPSA) is 86.8 Å². The van der Waals surface area contributed by atoms with Crippen LogP contribution in [0.4, 0.5) is 0 Å². The lowest BCUT2D eigenvalue weighted by atomic mass is 9.96. The molecule has 3 rings (SSSR count). The van der Waals surface area contributed by atoms with Crippen LogP contribution in [-0.4, -0.2) is 62.2 Å². The number of sulfonamides is 1. The molecule has 1 heterocycles. The maximum absolute atomic E-state index is 13.0. The maximum Gasteiger partial charge on any atom is 0.243 e. The quantitative estimate of drug-likeness (QED) is 0.724. The van der Waals surface area contributed by atoms with E-state index in [4.69, 9.17) is 0 Å². The van der Waals surface area contributed by atoms with Crippen molar-refractivity contribution in [3.63, 3.8) is 0 Å². The van der Waals surface area contributed by atoms with E-state index in [1.807, 2.05) is 26.0 Å². The third-order valence-electron chi connectivity index (χ3n) is 5.91. The van der Waals surface area contributed by atoms with Gasteiger partial charge in [-0.3, -0.25) is 9.59 Å². The predicted molar refractivity (Wildman–Crippen MR) is 111 cm³/mol. The molecule has 0 unspecified atom stereocenters. The Hall–Kier alpha value is -1.93. The molecule has 0 aromatic heterocycles. The molecule has 8 heteroatoms. The number of carbonyl (C=O) groups excluding carboxylic acids is 2. The first-order valence-electron chi connectivity index (χ1n) is 10.5. The van der Waals surface area contributed by atoms with Crippen LogP contribution < -0.4 is 5.32 Å². The molecule has 0 saturated carbocycles. The zero-order valence-corrected chi connectivity index (χ0v) is 18.1. The second-order valence-electron chi connectivity index (χ2n) is 7.77. The van der Waals surface area contributed by atoms with E-state index in [1.54, 1.807) is 11.0 Å². The molecule has 1 saturated heterocycles. The first-order valence-corrected chi connectivity index (χ1v) is 12.0. The average molecular weight is 422 g/mol. The Morgan fingerprint density at radius 1 is 1.14 bits per heavy atom. The molecule has 0 spiro atoms. The number of fused-ring (bicyclic) bond motifs is 1. The van der Waals surface area contributed by atoms with Crippen molar-refractivity contribution in [2.24, 2.45) is 5.92 Å². The van der Waals surface area contributed by atoms with E-state index in [0.29, 0.717) is 43.9 Å². The fraction of sp³-hybridized carbons (Fsp3) is 0.619. The van der Waals surface area contributed by atoms with Gasteiger partial charge in [0.25, 0.3) is 0 Å². The highest BCUT2D eigenvalue weighted by Crippen LogP contribution is 2.29. The van der Waals surface area contributed by atoms with Crippen molar-refractivity contribution in [3.05, 3.63) is 29.3 Å². The monoisotopic (exact) mass is 421 g/mol. The number of benzene rings is 1. The number of amides is 2. The molecule has 0 radical (unpaired) electrons. The minimum Gasteiger partial charge on any atom is -0.355 e. The summed E-state index contributed by atoms with van der Waals surface area (Å²) in [6.45, 7) is 5.39. The highest BCUT2D eigenvalue weighted by Gasteiger charge is 2.34. The first kappa shape index (κ1) is 21.8. The lowest BCUT2D eigenvalue weighted by molar-refractivity contribution is -0.140. The highest BCUT2D eigenvalue weighted by molar-refractivity contribution is 7.89. The number of hydrogen-bond donors (Lipinski definition) is 1. The Morgan fingerprint density at radius 3 is 2.48 bits per heavy atom. The smallest absolute Gasteiger partial charge is 0.243 e. The predicted octanol–water partition coefficient (Wildman–Crippen LogP) is 1.56. The number of nitrogens with one attached hydrogen (secondary N) is 1. The molecule has 7 nitrogen and oxygen atoms in total. The van der Waals surface area contributed by atoms with Crippen molar-refractivity contribution in [2.45, 2.75) is 50.8 Å². The normalized spacial score (nSPS) is 17.7. The third-order valence-corrected chi connectivity index (χ3v) is 7.81. The Kier molecular flexibility index (Phi) is 6.95. The Labute approximate surface area is 173 Å². The van der Waals surface area contributed by atoms with Crippen molar-refractivity contribution in [3.8, 4) is 0 Å². The second kappa shape index (κ2) is 9.26. The average Bonchev–Trinajstić information content (AvgIpc) is 3.19. The maximum atomic E-state index is 13.0. The molecule has 29 heavy (non-hydrogen) atoms. The number of nitrogens with zero attached hydrogens (tertiary/aromatic N) is 2. The van der Waals surface area contributed by atoms with E-state index < -0.39 is 10.0 Å². The number of likely N-dealkylation sites (N-methyl/N-ethyl adjacent to an activating group) is 2. The van der Waals surface area contributed by atoms with Crippen molar-refractivity contribution in [2.75, 3.05) is 32.7 Å². The molecule has 160 valence electrons. The van der Waals surface area contributed by atoms with Gasteiger partial charge in [0.15, 0.2) is 0 Å². The van der Waals surface area contributed by atoms with Crippen LogP contribution in [0.2, 0.25) is 0 Å². The molecule has 2 aliphatic rings. The zero-order chi connectivity index (χ0) is 21.0. The Morgan fingerprint density at radius 2 is 1.83 bits per heavy atom. The van der Waals surface area contributed by atoms with E-state index in [1.165, 1.54) is 9.87 Å². The van der Waals surface area contributed by atoms with Crippen LogP contribution in [0.25, 0.3) is 0 Å². The summed E-state index contributed by atoms with van der Waals surface area (Å²) in [6.07, 6.45) is 4.00. The highest BCUT2D eigenvalue weighted by atomic mass is 32.2. The molecule has 0 bridgehead atoms. The van der Waals surface area contributed by atoms with Gasteiger partial charge in [-0.15, -0.1) is 0 Å². The van der Waals surface area contributed by atoms with E-state index in [-0.39, 0.29) is 24.3 Å². The molecule has 1 aromatic rings. The fourth-order valence-corrected chi connectivity index (χ4v) is 5.75. The number of aryl methyl sites for hydroxylation is 2. The summed E-state index contributed by atoms with van der Waals surface area (Å²) in [7, 11) is -3.54. The molecule has 1 N–H and O–H groups in total. The van der Waals surface area contributed by atoms with Gasteiger partial charge in [-0.2, -0.15) is 4.31 Å². The first-order chi connectivity index (χ1) is 13.9. The summed E-state index contributed by atoms with van der Waals surface area (Å²) < 4.78 is 27.6. The van der Waals surface area contributed by atoms with Crippen LogP contribution in [-0.2, 0) is 32.5 Å². The largest absolute Gasteiger partial charge is 0.355 e. The van der Waals surface area contributed by atoms with Crippen LogP contribution >= 0.6 is 0 Å². The lowest BCUT2D eigenvalue weighted by Crippen LogP contribution is -2.47. The van der Waals surface area contributed by atoms with Crippen molar-refractivity contribution < 1.29 is 18.0 Å². The number of piperidine rings is 1. The van der Waals surface area contributed by atoms with Gasteiger partial charge < -0.3 is 10.2 Å². The lowest BCUT2D eigenvalue weighted by Gasteiger charge is -2.33. The molecule has 0 atom stereocenters. The molecule has 1 aliphatic carbocycles. The van der Waals surface area contributed by atoms with Gasteiger partial charge in [0.2, 0.25) is 21.8 Å². The minimum atomic E-state index is -3.54. The zero-order valence-electron chi connectivity index (χ0n) is 17.3. The fourth-order valence-electron chi connectivity index (χ4n) is 4.23. The van der Waals surface area contributed by atoms with Gasteiger partial charge >= 0.3 is 0 Å². The van der Waals surface area contributed by atoms with Crippen LogP contribution in [0.15, 0.2) is 23.1 Å². The minimum absolute atomic E-state index is 0.0524. The summed E-state index contributed by atoms with van der Waals surface area (Å²) in [5.41, 5.74) is 2.39. The van der Waals surface area contributed by atoms with E-state index >= 15 is 0 Å². The van der Waals surface area contributed by atoms with Crippen molar-refractivity contribution in [1.29, 1.82) is 0 Å². The van der Waals surface area contributed by atoms with Crippen LogP contribution in [0.1, 0.15) is 44.2 Å². The second-order valence-corrected chi connectivity index (χ2v) is 9.71. The van der Waals surface area contributed by atoms with Crippen molar-refractivity contribution in [1.82, 2.24) is 14.5 Å². The van der Waals surface area contributed by atoms with Crippen LogP contribution in [0.3, 0.4) is 0 Å². The number of hydrogen-bond acceptors (Lipinski definition) is 4. The van der Waals surface area contributed by atoms with Gasteiger partial charge in [-0.1, -0.05) is 6.07 Å². The Balaban J connectivity index is 1.62. The van der Waals surface area contributed by atoms with Gasteiger partial charge in [-0.25, -0.2) is 8.42 Å². The van der Waals surface area contributed by atoms with Gasteiger partial charge in [0.1, 0.15) is 0 Å². The summed E-state index contributed by atoms with van der Waals surface area (Å²) >= 11 is 0. The van der Waals surface area contributed by atoms with E-state index in [2.05, 4.69) is 5.32 Å². The Bertz CT molecular complexity index is 861. The number of rotatable bonds is 7. The molecular formula is C21H31N3O4S. The van der Waals surface area contributed by atoms with Crippen LogP contribution in [0, 0.1) is 5.92 Å². The summed E-state index contributed by atoms with van der Waals surface area (Å²) in [5, 5.41) is 2.71. The molecule has 1 fully saturated rings. The van der Waals surface area contributed by atoms with Crippen LogP contribution in [0.5, 0.6) is 0 Å². The molecule has 1 aliphatic heterocycles. The molecule has 2 amide bonds. The molecule has 1 aromatic carbocycles. The third kappa shape index (κ3) is 4.80.